The molecule has 2 aromatic carbocycles. The van der Waals surface area contributed by atoms with E-state index in [1.165, 1.54) is 0 Å². The Morgan fingerprint density at radius 3 is 2.31 bits per heavy atom. The van der Waals surface area contributed by atoms with E-state index < -0.39 is 5.60 Å². The lowest BCUT2D eigenvalue weighted by Crippen LogP contribution is -2.43. The number of ether oxygens (including phenoxy) is 2. The highest BCUT2D eigenvalue weighted by atomic mass is 16.5. The van der Waals surface area contributed by atoms with Gasteiger partial charge in [0.05, 0.1) is 6.61 Å². The fraction of sp³-hybridized carbons (Fsp3) is 0.500. The molecular formula is C22H31NO3. The van der Waals surface area contributed by atoms with Crippen LogP contribution in [0.25, 0.3) is 10.8 Å². The molecule has 1 amide bonds. The first-order valence-electron chi connectivity index (χ1n) is 9.65. The van der Waals surface area contributed by atoms with Crippen LogP contribution in [0.3, 0.4) is 0 Å². The second-order valence-electron chi connectivity index (χ2n) is 6.79. The summed E-state index contributed by atoms with van der Waals surface area (Å²) in [6.07, 6.45) is 3.42. The quantitative estimate of drug-likeness (QED) is 0.606. The molecule has 0 aliphatic heterocycles. The van der Waals surface area contributed by atoms with Gasteiger partial charge in [-0.2, -0.15) is 0 Å². The first-order valence-corrected chi connectivity index (χ1v) is 9.65. The molecule has 0 aliphatic rings. The van der Waals surface area contributed by atoms with Gasteiger partial charge < -0.3 is 14.8 Å². The largest absolute Gasteiger partial charge is 0.493 e. The number of carbonyl (C=O) groups excluding carboxylic acids is 1. The van der Waals surface area contributed by atoms with Gasteiger partial charge in [0.25, 0.3) is 5.91 Å². The Morgan fingerprint density at radius 2 is 1.65 bits per heavy atom. The lowest BCUT2D eigenvalue weighted by atomic mass is 9.98. The third-order valence-corrected chi connectivity index (χ3v) is 4.43. The van der Waals surface area contributed by atoms with E-state index in [4.69, 9.17) is 9.47 Å². The molecule has 0 radical (unpaired) electrons. The van der Waals surface area contributed by atoms with Crippen LogP contribution in [0.2, 0.25) is 0 Å². The van der Waals surface area contributed by atoms with Gasteiger partial charge in [0, 0.05) is 23.1 Å². The van der Waals surface area contributed by atoms with E-state index in [2.05, 4.69) is 19.2 Å². The number of anilines is 1. The average molecular weight is 357 g/mol. The van der Waals surface area contributed by atoms with E-state index in [0.29, 0.717) is 19.6 Å². The molecule has 0 fully saturated rings. The van der Waals surface area contributed by atoms with Crippen LogP contribution in [0.4, 0.5) is 5.69 Å². The molecule has 4 nitrogen and oxygen atoms in total. The monoisotopic (exact) mass is 357 g/mol. The standard InChI is InChI=1S/C22H31NO3/c1-5-14-22(4,26-16-7-3)21(24)23-19-12-13-20(25-15-6-2)18-11-9-8-10-17(18)19/h8-13H,5-7,14-16H2,1-4H3,(H,23,24)/t22-/m1/s1. The number of hydrogen-bond acceptors (Lipinski definition) is 3. The van der Waals surface area contributed by atoms with Crippen LogP contribution in [0, 0.1) is 0 Å². The van der Waals surface area contributed by atoms with Gasteiger partial charge in [0.15, 0.2) is 0 Å². The summed E-state index contributed by atoms with van der Waals surface area (Å²) in [4.78, 5) is 13.0. The van der Waals surface area contributed by atoms with Gasteiger partial charge in [-0.15, -0.1) is 0 Å². The lowest BCUT2D eigenvalue weighted by molar-refractivity contribution is -0.140. The van der Waals surface area contributed by atoms with Crippen molar-refractivity contribution >= 4 is 22.4 Å². The normalized spacial score (nSPS) is 13.4. The predicted molar refractivity (Wildman–Crippen MR) is 108 cm³/mol. The van der Waals surface area contributed by atoms with Crippen LogP contribution in [-0.2, 0) is 9.53 Å². The third-order valence-electron chi connectivity index (χ3n) is 4.43. The van der Waals surface area contributed by atoms with Gasteiger partial charge in [-0.05, 0) is 38.3 Å². The van der Waals surface area contributed by atoms with Crippen molar-refractivity contribution in [3.05, 3.63) is 36.4 Å². The van der Waals surface area contributed by atoms with E-state index in [1.54, 1.807) is 0 Å². The molecule has 1 atom stereocenters. The number of rotatable bonds is 10. The Morgan fingerprint density at radius 1 is 0.962 bits per heavy atom. The molecule has 0 bridgehead atoms. The van der Waals surface area contributed by atoms with Gasteiger partial charge in [0.1, 0.15) is 11.4 Å². The molecule has 2 aromatic rings. The van der Waals surface area contributed by atoms with Crippen molar-refractivity contribution in [3.63, 3.8) is 0 Å². The van der Waals surface area contributed by atoms with Crippen molar-refractivity contribution in [2.45, 2.75) is 59.0 Å². The molecule has 142 valence electrons. The summed E-state index contributed by atoms with van der Waals surface area (Å²) < 4.78 is 11.8. The molecule has 26 heavy (non-hydrogen) atoms. The van der Waals surface area contributed by atoms with Gasteiger partial charge in [-0.3, -0.25) is 4.79 Å². The van der Waals surface area contributed by atoms with E-state index >= 15 is 0 Å². The number of carbonyl (C=O) groups is 1. The van der Waals surface area contributed by atoms with Gasteiger partial charge in [0.2, 0.25) is 0 Å². The molecule has 1 N–H and O–H groups in total. The van der Waals surface area contributed by atoms with E-state index in [-0.39, 0.29) is 5.91 Å². The first-order chi connectivity index (χ1) is 12.6. The fourth-order valence-corrected chi connectivity index (χ4v) is 3.03. The molecule has 4 heteroatoms. The van der Waals surface area contributed by atoms with Crippen molar-refractivity contribution in [2.75, 3.05) is 18.5 Å². The number of nitrogens with one attached hydrogen (secondary N) is 1. The SMILES string of the molecule is CCCOc1ccc(NC(=O)[C@@](C)(CCC)OCCC)c2ccccc12. The van der Waals surface area contributed by atoms with Gasteiger partial charge in [-0.1, -0.05) is 51.5 Å². The summed E-state index contributed by atoms with van der Waals surface area (Å²) in [5, 5.41) is 5.06. The van der Waals surface area contributed by atoms with Crippen LogP contribution >= 0.6 is 0 Å². The maximum Gasteiger partial charge on any atom is 0.256 e. The molecule has 0 spiro atoms. The Kier molecular flexibility index (Phi) is 7.46. The zero-order valence-electron chi connectivity index (χ0n) is 16.4. The van der Waals surface area contributed by atoms with E-state index in [1.807, 2.05) is 50.2 Å². The van der Waals surface area contributed by atoms with Crippen LogP contribution < -0.4 is 10.1 Å². The number of benzene rings is 2. The van der Waals surface area contributed by atoms with Crippen LogP contribution in [0.1, 0.15) is 53.4 Å². The molecule has 2 rings (SSSR count). The smallest absolute Gasteiger partial charge is 0.256 e. The lowest BCUT2D eigenvalue weighted by Gasteiger charge is -2.28. The van der Waals surface area contributed by atoms with E-state index in [9.17, 15) is 4.79 Å². The zero-order chi connectivity index (χ0) is 19.0. The fourth-order valence-electron chi connectivity index (χ4n) is 3.03. The molecular weight excluding hydrogens is 326 g/mol. The van der Waals surface area contributed by atoms with Crippen LogP contribution in [-0.4, -0.2) is 24.7 Å². The highest BCUT2D eigenvalue weighted by molar-refractivity contribution is 6.06. The van der Waals surface area contributed by atoms with Crippen molar-refractivity contribution < 1.29 is 14.3 Å². The topological polar surface area (TPSA) is 47.6 Å². The first kappa shape index (κ1) is 20.2. The van der Waals surface area contributed by atoms with Crippen molar-refractivity contribution in [3.8, 4) is 5.75 Å². The maximum atomic E-state index is 13.0. The molecule has 0 aliphatic carbocycles. The average Bonchev–Trinajstić information content (AvgIpc) is 2.66. The second-order valence-corrected chi connectivity index (χ2v) is 6.79. The van der Waals surface area contributed by atoms with Gasteiger partial charge >= 0.3 is 0 Å². The maximum absolute atomic E-state index is 13.0. The predicted octanol–water partition coefficient (Wildman–Crippen LogP) is 5.55. The van der Waals surface area contributed by atoms with E-state index in [0.717, 1.165) is 41.5 Å². The zero-order valence-corrected chi connectivity index (χ0v) is 16.4. The van der Waals surface area contributed by atoms with Crippen LogP contribution in [0.5, 0.6) is 5.75 Å². The minimum Gasteiger partial charge on any atom is -0.493 e. The van der Waals surface area contributed by atoms with Crippen molar-refractivity contribution in [2.24, 2.45) is 0 Å². The molecule has 0 aromatic heterocycles. The second kappa shape index (κ2) is 9.58. The summed E-state index contributed by atoms with van der Waals surface area (Å²) in [6.45, 7) is 9.33. The Balaban J connectivity index is 2.31. The molecule has 0 heterocycles. The molecule has 0 saturated carbocycles. The number of amides is 1. The number of fused-ring (bicyclic) bond motifs is 1. The highest BCUT2D eigenvalue weighted by Crippen LogP contribution is 2.32. The summed E-state index contributed by atoms with van der Waals surface area (Å²) >= 11 is 0. The van der Waals surface area contributed by atoms with Gasteiger partial charge in [-0.25, -0.2) is 0 Å². The Labute approximate surface area is 156 Å². The van der Waals surface area contributed by atoms with Crippen molar-refractivity contribution in [1.82, 2.24) is 0 Å². The Hall–Kier alpha value is -2.07. The molecule has 0 saturated heterocycles. The molecule has 0 unspecified atom stereocenters. The summed E-state index contributed by atoms with van der Waals surface area (Å²) in [6, 6.07) is 11.8. The van der Waals surface area contributed by atoms with Crippen LogP contribution in [0.15, 0.2) is 36.4 Å². The Bertz CT molecular complexity index is 728. The summed E-state index contributed by atoms with van der Waals surface area (Å²) in [5.41, 5.74) is -0.0275. The summed E-state index contributed by atoms with van der Waals surface area (Å²) in [5.74, 6) is 0.749. The minimum absolute atomic E-state index is 0.0971. The highest BCUT2D eigenvalue weighted by Gasteiger charge is 2.33. The minimum atomic E-state index is -0.816. The third kappa shape index (κ3) is 4.76. The number of hydrogen-bond donors (Lipinski definition) is 1. The summed E-state index contributed by atoms with van der Waals surface area (Å²) in [7, 11) is 0. The van der Waals surface area contributed by atoms with Crippen molar-refractivity contribution in [1.29, 1.82) is 0 Å².